The van der Waals surface area contributed by atoms with Gasteiger partial charge in [0.25, 0.3) is 0 Å². The van der Waals surface area contributed by atoms with Gasteiger partial charge in [0.15, 0.2) is 0 Å². The largest absolute Gasteiger partial charge is 0.409 e. The summed E-state index contributed by atoms with van der Waals surface area (Å²) >= 11 is 0. The lowest BCUT2D eigenvalue weighted by Crippen LogP contribution is -2.38. The third-order valence-corrected chi connectivity index (χ3v) is 2.51. The predicted octanol–water partition coefficient (Wildman–Crippen LogP) is -0.373. The van der Waals surface area contributed by atoms with Gasteiger partial charge in [0.2, 0.25) is 5.91 Å². The van der Waals surface area contributed by atoms with E-state index >= 15 is 0 Å². The summed E-state index contributed by atoms with van der Waals surface area (Å²) in [6.07, 6.45) is 2.55. The van der Waals surface area contributed by atoms with Crippen molar-refractivity contribution >= 4 is 11.7 Å². The van der Waals surface area contributed by atoms with Crippen LogP contribution >= 0.6 is 0 Å². The molecule has 0 saturated heterocycles. The van der Waals surface area contributed by atoms with Crippen molar-refractivity contribution in [2.45, 2.75) is 32.2 Å². The van der Waals surface area contributed by atoms with Crippen LogP contribution in [0.4, 0.5) is 0 Å². The Balaban J connectivity index is 1.99. The summed E-state index contributed by atoms with van der Waals surface area (Å²) in [4.78, 5) is 11.3. The number of nitrogens with one attached hydrogen (secondary N) is 2. The molecule has 0 aromatic carbocycles. The van der Waals surface area contributed by atoms with Gasteiger partial charge in [-0.3, -0.25) is 4.79 Å². The first kappa shape index (κ1) is 12.8. The molecule has 1 atom stereocenters. The molecule has 1 aliphatic rings. The fraction of sp³-hybridized carbons (Fsp3) is 0.800. The zero-order chi connectivity index (χ0) is 12.0. The molecule has 1 rings (SSSR count). The van der Waals surface area contributed by atoms with Crippen LogP contribution in [-0.4, -0.2) is 36.1 Å². The van der Waals surface area contributed by atoms with Crippen molar-refractivity contribution in [1.82, 2.24) is 10.6 Å². The number of carbonyl (C=O) groups excluding carboxylic acids is 1. The summed E-state index contributed by atoms with van der Waals surface area (Å²) in [6.45, 7) is 3.26. The van der Waals surface area contributed by atoms with E-state index in [1.54, 1.807) is 0 Å². The maximum Gasteiger partial charge on any atom is 0.223 e. The summed E-state index contributed by atoms with van der Waals surface area (Å²) in [5.74, 6) is 0.627. The Hall–Kier alpha value is -1.30. The molecule has 6 nitrogen and oxygen atoms in total. The molecule has 16 heavy (non-hydrogen) atoms. The lowest BCUT2D eigenvalue weighted by atomic mass is 10.2. The predicted molar refractivity (Wildman–Crippen MR) is 61.2 cm³/mol. The number of nitrogens with two attached hydrogens (primary N) is 1. The monoisotopic (exact) mass is 228 g/mol. The number of hydrogen-bond acceptors (Lipinski definition) is 4. The van der Waals surface area contributed by atoms with Crippen LogP contribution in [0, 0.1) is 5.92 Å². The van der Waals surface area contributed by atoms with Gasteiger partial charge in [0.05, 0.1) is 0 Å². The van der Waals surface area contributed by atoms with E-state index in [4.69, 9.17) is 10.9 Å². The van der Waals surface area contributed by atoms with Crippen molar-refractivity contribution in [2.75, 3.05) is 13.1 Å². The van der Waals surface area contributed by atoms with Crippen LogP contribution in [0.5, 0.6) is 0 Å². The number of oxime groups is 1. The van der Waals surface area contributed by atoms with E-state index in [-0.39, 0.29) is 23.7 Å². The van der Waals surface area contributed by atoms with Gasteiger partial charge in [0.1, 0.15) is 5.84 Å². The van der Waals surface area contributed by atoms with Gasteiger partial charge in [-0.15, -0.1) is 0 Å². The van der Waals surface area contributed by atoms with E-state index in [1.807, 2.05) is 6.92 Å². The summed E-state index contributed by atoms with van der Waals surface area (Å²) in [7, 11) is 0. The average Bonchev–Trinajstić information content (AvgIpc) is 3.07. The van der Waals surface area contributed by atoms with Crippen molar-refractivity contribution in [1.29, 1.82) is 0 Å². The van der Waals surface area contributed by atoms with Gasteiger partial charge in [0, 0.05) is 31.5 Å². The Morgan fingerprint density at radius 3 is 2.81 bits per heavy atom. The minimum atomic E-state index is 0.133. The van der Waals surface area contributed by atoms with Crippen LogP contribution in [0.2, 0.25) is 0 Å². The Bertz CT molecular complexity index is 264. The molecule has 1 amide bonds. The first-order valence-corrected chi connectivity index (χ1v) is 5.61. The second-order valence-electron chi connectivity index (χ2n) is 4.22. The van der Waals surface area contributed by atoms with Gasteiger partial charge < -0.3 is 21.6 Å². The molecule has 0 spiro atoms. The van der Waals surface area contributed by atoms with Crippen molar-refractivity contribution in [2.24, 2.45) is 16.8 Å². The van der Waals surface area contributed by atoms with Crippen LogP contribution in [0.3, 0.4) is 0 Å². The molecular formula is C10H20N4O2. The molecule has 1 aliphatic carbocycles. The molecule has 0 aliphatic heterocycles. The molecule has 1 saturated carbocycles. The molecular weight excluding hydrogens is 208 g/mol. The van der Waals surface area contributed by atoms with E-state index in [9.17, 15) is 4.79 Å². The standard InChI is InChI=1S/C10H20N4O2/c1-7(6-9(11)14-16)12-4-5-13-10(15)8-2-3-8/h7-8,12,16H,2-6H2,1H3,(H2,11,14)(H,13,15). The Kier molecular flexibility index (Phi) is 5.04. The maximum atomic E-state index is 11.3. The SMILES string of the molecule is CC(CC(N)=NO)NCCNC(=O)C1CC1. The second kappa shape index (κ2) is 6.32. The molecule has 0 aromatic rings. The number of nitrogens with zero attached hydrogens (tertiary/aromatic N) is 1. The van der Waals surface area contributed by atoms with Crippen LogP contribution in [0.1, 0.15) is 26.2 Å². The Morgan fingerprint density at radius 1 is 1.56 bits per heavy atom. The first-order chi connectivity index (χ1) is 7.63. The smallest absolute Gasteiger partial charge is 0.223 e. The molecule has 6 heteroatoms. The first-order valence-electron chi connectivity index (χ1n) is 5.61. The van der Waals surface area contributed by atoms with Crippen LogP contribution in [0.15, 0.2) is 5.16 Å². The summed E-state index contributed by atoms with van der Waals surface area (Å²) in [5, 5.41) is 17.3. The summed E-state index contributed by atoms with van der Waals surface area (Å²) < 4.78 is 0. The highest BCUT2D eigenvalue weighted by molar-refractivity contribution is 5.81. The highest BCUT2D eigenvalue weighted by Crippen LogP contribution is 2.28. The number of hydrogen-bond donors (Lipinski definition) is 4. The van der Waals surface area contributed by atoms with E-state index in [0.717, 1.165) is 12.8 Å². The topological polar surface area (TPSA) is 99.7 Å². The Morgan fingerprint density at radius 2 is 2.25 bits per heavy atom. The lowest BCUT2D eigenvalue weighted by molar-refractivity contribution is -0.122. The highest BCUT2D eigenvalue weighted by Gasteiger charge is 2.28. The third kappa shape index (κ3) is 4.97. The minimum absolute atomic E-state index is 0.133. The zero-order valence-electron chi connectivity index (χ0n) is 9.57. The van der Waals surface area contributed by atoms with Crippen molar-refractivity contribution in [3.8, 4) is 0 Å². The summed E-state index contributed by atoms with van der Waals surface area (Å²) in [6, 6.07) is 0.133. The van der Waals surface area contributed by atoms with Gasteiger partial charge in [-0.1, -0.05) is 5.16 Å². The quantitative estimate of drug-likeness (QED) is 0.157. The van der Waals surface area contributed by atoms with Crippen LogP contribution < -0.4 is 16.4 Å². The second-order valence-corrected chi connectivity index (χ2v) is 4.22. The molecule has 5 N–H and O–H groups in total. The number of rotatable bonds is 7. The van der Waals surface area contributed by atoms with Crippen molar-refractivity contribution < 1.29 is 10.0 Å². The zero-order valence-corrected chi connectivity index (χ0v) is 9.57. The van der Waals surface area contributed by atoms with Crippen molar-refractivity contribution in [3.05, 3.63) is 0 Å². The average molecular weight is 228 g/mol. The van der Waals surface area contributed by atoms with Crippen LogP contribution in [-0.2, 0) is 4.79 Å². The van der Waals surface area contributed by atoms with Gasteiger partial charge in [-0.2, -0.15) is 0 Å². The number of carbonyl (C=O) groups is 1. The normalized spacial score (nSPS) is 18.2. The Labute approximate surface area is 95.3 Å². The number of amides is 1. The lowest BCUT2D eigenvalue weighted by Gasteiger charge is -2.13. The third-order valence-electron chi connectivity index (χ3n) is 2.51. The molecule has 1 fully saturated rings. The van der Waals surface area contributed by atoms with Gasteiger partial charge in [-0.05, 0) is 19.8 Å². The highest BCUT2D eigenvalue weighted by atomic mass is 16.4. The maximum absolute atomic E-state index is 11.3. The summed E-state index contributed by atoms with van der Waals surface area (Å²) in [5.41, 5.74) is 5.36. The molecule has 0 radical (unpaired) electrons. The number of amidine groups is 1. The van der Waals surface area contributed by atoms with Crippen LogP contribution in [0.25, 0.3) is 0 Å². The van der Waals surface area contributed by atoms with Gasteiger partial charge >= 0.3 is 0 Å². The van der Waals surface area contributed by atoms with Gasteiger partial charge in [-0.25, -0.2) is 0 Å². The molecule has 1 unspecified atom stereocenters. The minimum Gasteiger partial charge on any atom is -0.409 e. The van der Waals surface area contributed by atoms with Crippen molar-refractivity contribution in [3.63, 3.8) is 0 Å². The fourth-order valence-corrected chi connectivity index (χ4v) is 1.42. The fourth-order valence-electron chi connectivity index (χ4n) is 1.42. The van der Waals surface area contributed by atoms with E-state index in [2.05, 4.69) is 15.8 Å². The van der Waals surface area contributed by atoms with E-state index in [1.165, 1.54) is 0 Å². The molecule has 0 heterocycles. The van der Waals surface area contributed by atoms with E-state index < -0.39 is 0 Å². The van der Waals surface area contributed by atoms with E-state index in [0.29, 0.717) is 19.5 Å². The molecule has 0 bridgehead atoms. The molecule has 92 valence electrons. The molecule has 0 aromatic heterocycles.